The predicted molar refractivity (Wildman–Crippen MR) is 86.5 cm³/mol. The Balaban J connectivity index is 2.59. The van der Waals surface area contributed by atoms with Crippen LogP contribution in [0, 0.1) is 6.92 Å². The lowest BCUT2D eigenvalue weighted by Gasteiger charge is -2.32. The summed E-state index contributed by atoms with van der Waals surface area (Å²) in [6.45, 7) is 9.78. The summed E-state index contributed by atoms with van der Waals surface area (Å²) in [6.07, 6.45) is 0. The molecule has 0 bridgehead atoms. The number of carboxylic acids is 1. The molecule has 21 heavy (non-hydrogen) atoms. The fraction of sp³-hybridized carbons (Fsp3) is 0.533. The molecular weight excluding hydrogens is 335 g/mol. The van der Waals surface area contributed by atoms with Crippen molar-refractivity contribution in [1.29, 1.82) is 0 Å². The maximum atomic E-state index is 11.6. The Hall–Kier alpha value is -0.845. The van der Waals surface area contributed by atoms with Crippen molar-refractivity contribution >= 4 is 34.5 Å². The molecule has 1 fully saturated rings. The summed E-state index contributed by atoms with van der Waals surface area (Å²) in [5, 5.41) is 10.0. The van der Waals surface area contributed by atoms with Gasteiger partial charge in [-0.05, 0) is 51.8 Å². The van der Waals surface area contributed by atoms with E-state index in [1.54, 1.807) is 6.07 Å². The standard InChI is InChI=1S/C15H20BBrO4/c1-9-6-7-10(13(18)19)12(11(9)8-17)16-20-14(2,3)15(4,5)21-16/h6-7H,8H2,1-5H3,(H,18,19). The lowest BCUT2D eigenvalue weighted by Crippen LogP contribution is -2.41. The normalized spacial score (nSPS) is 19.8. The molecule has 1 heterocycles. The Kier molecular flexibility index (Phi) is 4.26. The number of carboxylic acid groups (broad SMARTS) is 1. The molecule has 2 rings (SSSR count). The average molecular weight is 355 g/mol. The largest absolute Gasteiger partial charge is 0.496 e. The van der Waals surface area contributed by atoms with E-state index in [9.17, 15) is 9.90 Å². The van der Waals surface area contributed by atoms with Gasteiger partial charge in [0, 0.05) is 10.8 Å². The van der Waals surface area contributed by atoms with Gasteiger partial charge < -0.3 is 14.4 Å². The van der Waals surface area contributed by atoms with Crippen molar-refractivity contribution in [2.45, 2.75) is 51.2 Å². The van der Waals surface area contributed by atoms with Crippen LogP contribution in [0.2, 0.25) is 0 Å². The van der Waals surface area contributed by atoms with Gasteiger partial charge in [0.2, 0.25) is 0 Å². The van der Waals surface area contributed by atoms with Crippen molar-refractivity contribution in [1.82, 2.24) is 0 Å². The maximum absolute atomic E-state index is 11.6. The van der Waals surface area contributed by atoms with Crippen LogP contribution in [0.15, 0.2) is 12.1 Å². The number of hydrogen-bond donors (Lipinski definition) is 1. The van der Waals surface area contributed by atoms with E-state index in [-0.39, 0.29) is 5.56 Å². The molecule has 0 aromatic heterocycles. The van der Waals surface area contributed by atoms with Gasteiger partial charge >= 0.3 is 13.1 Å². The number of alkyl halides is 1. The quantitative estimate of drug-likeness (QED) is 0.669. The second-order valence-electron chi connectivity index (χ2n) is 6.35. The van der Waals surface area contributed by atoms with E-state index in [2.05, 4.69) is 15.9 Å². The number of rotatable bonds is 3. The maximum Gasteiger partial charge on any atom is 0.496 e. The van der Waals surface area contributed by atoms with E-state index in [1.165, 1.54) is 0 Å². The third-order valence-electron chi connectivity index (χ3n) is 4.44. The van der Waals surface area contributed by atoms with Crippen molar-refractivity contribution < 1.29 is 19.2 Å². The average Bonchev–Trinajstić information content (AvgIpc) is 2.57. The van der Waals surface area contributed by atoms with Crippen LogP contribution < -0.4 is 5.46 Å². The molecule has 114 valence electrons. The van der Waals surface area contributed by atoms with Gasteiger partial charge in [0.15, 0.2) is 0 Å². The first-order chi connectivity index (χ1) is 9.60. The zero-order valence-electron chi connectivity index (χ0n) is 13.0. The van der Waals surface area contributed by atoms with Gasteiger partial charge in [-0.25, -0.2) is 4.79 Å². The first kappa shape index (κ1) is 16.5. The molecule has 6 heteroatoms. The van der Waals surface area contributed by atoms with Gasteiger partial charge in [-0.2, -0.15) is 0 Å². The number of aromatic carboxylic acids is 1. The smallest absolute Gasteiger partial charge is 0.478 e. The Morgan fingerprint density at radius 1 is 1.24 bits per heavy atom. The number of carbonyl (C=O) groups is 1. The van der Waals surface area contributed by atoms with Gasteiger partial charge in [-0.1, -0.05) is 22.0 Å². The summed E-state index contributed by atoms with van der Waals surface area (Å²) in [6, 6.07) is 3.43. The van der Waals surface area contributed by atoms with Crippen LogP contribution >= 0.6 is 15.9 Å². The van der Waals surface area contributed by atoms with Gasteiger partial charge in [-0.3, -0.25) is 0 Å². The lowest BCUT2D eigenvalue weighted by molar-refractivity contribution is 0.00578. The predicted octanol–water partition coefficient (Wildman–Crippen LogP) is 2.89. The van der Waals surface area contributed by atoms with Gasteiger partial charge in [0.1, 0.15) is 0 Å². The van der Waals surface area contributed by atoms with Crippen molar-refractivity contribution in [2.24, 2.45) is 0 Å². The molecule has 0 amide bonds. The molecule has 1 saturated heterocycles. The third-order valence-corrected chi connectivity index (χ3v) is 5.01. The van der Waals surface area contributed by atoms with E-state index in [0.29, 0.717) is 10.8 Å². The van der Waals surface area contributed by atoms with Crippen LogP contribution in [0.4, 0.5) is 0 Å². The van der Waals surface area contributed by atoms with Gasteiger partial charge in [0.25, 0.3) is 0 Å². The SMILES string of the molecule is Cc1ccc(C(=O)O)c(B2OC(C)(C)C(C)(C)O2)c1CBr. The molecule has 0 spiro atoms. The van der Waals surface area contributed by atoms with E-state index in [1.807, 2.05) is 40.7 Å². The fourth-order valence-electron chi connectivity index (χ4n) is 2.37. The summed E-state index contributed by atoms with van der Waals surface area (Å²) >= 11 is 3.44. The van der Waals surface area contributed by atoms with Crippen LogP contribution in [0.25, 0.3) is 0 Å². The highest BCUT2D eigenvalue weighted by molar-refractivity contribution is 9.08. The second kappa shape index (κ2) is 5.41. The van der Waals surface area contributed by atoms with E-state index >= 15 is 0 Å². The summed E-state index contributed by atoms with van der Waals surface area (Å²) in [5.74, 6) is -0.970. The van der Waals surface area contributed by atoms with Crippen LogP contribution in [-0.2, 0) is 14.6 Å². The monoisotopic (exact) mass is 354 g/mol. The summed E-state index contributed by atoms with van der Waals surface area (Å²) in [4.78, 5) is 11.6. The zero-order valence-corrected chi connectivity index (χ0v) is 14.6. The molecule has 4 nitrogen and oxygen atoms in total. The van der Waals surface area contributed by atoms with Crippen molar-refractivity contribution in [3.8, 4) is 0 Å². The highest BCUT2D eigenvalue weighted by atomic mass is 79.9. The fourth-order valence-corrected chi connectivity index (χ4v) is 3.11. The third kappa shape index (κ3) is 2.76. The minimum Gasteiger partial charge on any atom is -0.478 e. The lowest BCUT2D eigenvalue weighted by atomic mass is 9.72. The Labute approximate surface area is 134 Å². The molecule has 0 radical (unpaired) electrons. The van der Waals surface area contributed by atoms with Gasteiger partial charge in [-0.15, -0.1) is 0 Å². The topological polar surface area (TPSA) is 55.8 Å². The Morgan fingerprint density at radius 2 is 1.76 bits per heavy atom. The first-order valence-electron chi connectivity index (χ1n) is 6.88. The summed E-state index contributed by atoms with van der Waals surface area (Å²) in [5.41, 5.74) is 1.77. The summed E-state index contributed by atoms with van der Waals surface area (Å²) < 4.78 is 12.1. The molecule has 0 atom stereocenters. The highest BCUT2D eigenvalue weighted by Gasteiger charge is 2.53. The molecule has 1 aliphatic rings. The minimum absolute atomic E-state index is 0.230. The van der Waals surface area contributed by atoms with Crippen LogP contribution in [0.5, 0.6) is 0 Å². The molecule has 0 unspecified atom stereocenters. The Morgan fingerprint density at radius 3 is 2.19 bits per heavy atom. The van der Waals surface area contributed by atoms with E-state index < -0.39 is 24.3 Å². The van der Waals surface area contributed by atoms with Crippen LogP contribution in [-0.4, -0.2) is 29.4 Å². The first-order valence-corrected chi connectivity index (χ1v) is 8.00. The number of hydrogen-bond acceptors (Lipinski definition) is 3. The van der Waals surface area contributed by atoms with Crippen molar-refractivity contribution in [3.63, 3.8) is 0 Å². The molecule has 1 aromatic rings. The van der Waals surface area contributed by atoms with Crippen molar-refractivity contribution in [2.75, 3.05) is 0 Å². The van der Waals surface area contributed by atoms with E-state index in [4.69, 9.17) is 9.31 Å². The molecule has 0 saturated carbocycles. The van der Waals surface area contributed by atoms with Crippen molar-refractivity contribution in [3.05, 3.63) is 28.8 Å². The molecule has 0 aliphatic carbocycles. The summed E-state index contributed by atoms with van der Waals surface area (Å²) in [7, 11) is -0.673. The number of halogens is 1. The molecule has 1 aromatic carbocycles. The van der Waals surface area contributed by atoms with Crippen LogP contribution in [0.3, 0.4) is 0 Å². The number of aryl methyl sites for hydroxylation is 1. The second-order valence-corrected chi connectivity index (χ2v) is 6.91. The number of benzene rings is 1. The minimum atomic E-state index is -0.970. The highest BCUT2D eigenvalue weighted by Crippen LogP contribution is 2.37. The molecule has 1 N–H and O–H groups in total. The van der Waals surface area contributed by atoms with Crippen LogP contribution in [0.1, 0.15) is 49.2 Å². The molecular formula is C15H20BBrO4. The van der Waals surface area contributed by atoms with E-state index in [0.717, 1.165) is 11.1 Å². The Bertz CT molecular complexity index is 567. The molecule has 1 aliphatic heterocycles. The van der Waals surface area contributed by atoms with Gasteiger partial charge in [0.05, 0.1) is 16.8 Å². The zero-order chi connectivity index (χ0) is 16.0.